The first-order chi connectivity index (χ1) is 13.8. The van der Waals surface area contributed by atoms with Crippen LogP contribution in [0.5, 0.6) is 17.2 Å². The van der Waals surface area contributed by atoms with Gasteiger partial charge in [-0.15, -0.1) is 0 Å². The summed E-state index contributed by atoms with van der Waals surface area (Å²) in [5.41, 5.74) is 3.21. The van der Waals surface area contributed by atoms with Crippen molar-refractivity contribution in [3.05, 3.63) is 48.0 Å². The van der Waals surface area contributed by atoms with E-state index < -0.39 is 22.5 Å². The molecule has 0 aliphatic rings. The molecule has 1 amide bonds. The molecular weight excluding hydrogens is 398 g/mol. The van der Waals surface area contributed by atoms with E-state index >= 15 is 0 Å². The summed E-state index contributed by atoms with van der Waals surface area (Å²) in [6.45, 7) is -0.446. The van der Waals surface area contributed by atoms with E-state index in [1.807, 2.05) is 0 Å². The van der Waals surface area contributed by atoms with E-state index in [2.05, 4.69) is 10.5 Å². The minimum atomic E-state index is -3.71. The third-order valence-corrected chi connectivity index (χ3v) is 5.00. The Morgan fingerprint density at radius 2 is 1.76 bits per heavy atom. The Bertz CT molecular complexity index is 991. The van der Waals surface area contributed by atoms with Gasteiger partial charge in [0.1, 0.15) is 23.8 Å². The van der Waals surface area contributed by atoms with Crippen LogP contribution in [-0.2, 0) is 14.8 Å². The zero-order valence-corrected chi connectivity index (χ0v) is 17.4. The third kappa shape index (κ3) is 6.11. The van der Waals surface area contributed by atoms with Crippen LogP contribution in [0, 0.1) is 0 Å². The fourth-order valence-electron chi connectivity index (χ4n) is 2.45. The molecule has 0 radical (unpaired) electrons. The Morgan fingerprint density at radius 3 is 2.38 bits per heavy atom. The van der Waals surface area contributed by atoms with Crippen LogP contribution < -0.4 is 23.9 Å². The zero-order valence-electron chi connectivity index (χ0n) is 16.6. The van der Waals surface area contributed by atoms with Crippen molar-refractivity contribution < 1.29 is 27.4 Å². The summed E-state index contributed by atoms with van der Waals surface area (Å²) in [5.74, 6) is 0.994. The van der Waals surface area contributed by atoms with Gasteiger partial charge >= 0.3 is 0 Å². The third-order valence-electron chi connectivity index (χ3n) is 3.86. The van der Waals surface area contributed by atoms with Crippen molar-refractivity contribution in [2.24, 2.45) is 5.10 Å². The molecule has 9 nitrogen and oxygen atoms in total. The number of ether oxygens (including phenoxy) is 3. The van der Waals surface area contributed by atoms with Crippen LogP contribution in [0.15, 0.2) is 47.6 Å². The van der Waals surface area contributed by atoms with Gasteiger partial charge in [0.2, 0.25) is 10.0 Å². The fourth-order valence-corrected chi connectivity index (χ4v) is 3.29. The number of hydrazone groups is 1. The molecule has 10 heteroatoms. The number of hydrogen-bond donors (Lipinski definition) is 1. The second-order valence-electron chi connectivity index (χ2n) is 5.87. The van der Waals surface area contributed by atoms with Crippen LogP contribution in [0.3, 0.4) is 0 Å². The molecule has 0 saturated carbocycles. The Hall–Kier alpha value is -3.27. The van der Waals surface area contributed by atoms with Crippen LogP contribution in [0.2, 0.25) is 0 Å². The minimum Gasteiger partial charge on any atom is -0.497 e. The van der Waals surface area contributed by atoms with Gasteiger partial charge in [-0.2, -0.15) is 5.10 Å². The highest BCUT2D eigenvalue weighted by Gasteiger charge is 2.21. The Balaban J connectivity index is 2.14. The fraction of sp³-hybridized carbons (Fsp3) is 0.263. The van der Waals surface area contributed by atoms with Gasteiger partial charge in [-0.3, -0.25) is 9.10 Å². The molecule has 1 N–H and O–H groups in total. The highest BCUT2D eigenvalue weighted by atomic mass is 32.2. The maximum atomic E-state index is 12.3. The van der Waals surface area contributed by atoms with Gasteiger partial charge < -0.3 is 14.2 Å². The van der Waals surface area contributed by atoms with Gasteiger partial charge in [-0.1, -0.05) is 6.07 Å². The molecule has 0 spiro atoms. The summed E-state index contributed by atoms with van der Waals surface area (Å²) >= 11 is 0. The predicted molar refractivity (Wildman–Crippen MR) is 110 cm³/mol. The molecule has 0 aromatic heterocycles. The molecule has 0 saturated heterocycles. The molecule has 2 rings (SSSR count). The molecule has 0 fully saturated rings. The van der Waals surface area contributed by atoms with Crippen LogP contribution in [0.4, 0.5) is 5.69 Å². The van der Waals surface area contributed by atoms with Crippen LogP contribution in [-0.4, -0.2) is 54.7 Å². The van der Waals surface area contributed by atoms with Gasteiger partial charge in [0.25, 0.3) is 5.91 Å². The van der Waals surface area contributed by atoms with Crippen molar-refractivity contribution in [2.45, 2.75) is 0 Å². The Labute approximate surface area is 169 Å². The van der Waals surface area contributed by atoms with Crippen molar-refractivity contribution in [2.75, 3.05) is 38.4 Å². The van der Waals surface area contributed by atoms with Crippen molar-refractivity contribution >= 4 is 27.8 Å². The summed E-state index contributed by atoms with van der Waals surface area (Å²) in [4.78, 5) is 12.3. The quantitative estimate of drug-likeness (QED) is 0.487. The molecule has 0 unspecified atom stereocenters. The SMILES string of the molecule is COc1cccc(N(CC(=O)N/N=C\c2cc(OC)ccc2OC)S(C)(=O)=O)c1. The lowest BCUT2D eigenvalue weighted by atomic mass is 10.2. The lowest BCUT2D eigenvalue weighted by molar-refractivity contribution is -0.119. The Kier molecular flexibility index (Phi) is 7.43. The predicted octanol–water partition coefficient (Wildman–Crippen LogP) is 1.63. The summed E-state index contributed by atoms with van der Waals surface area (Å²) in [6.07, 6.45) is 2.40. The van der Waals surface area contributed by atoms with Gasteiger partial charge in [0.05, 0.1) is 39.5 Å². The molecule has 0 bridgehead atoms. The average molecular weight is 421 g/mol. The normalized spacial score (nSPS) is 11.2. The topological polar surface area (TPSA) is 107 Å². The van der Waals surface area contributed by atoms with Crippen molar-refractivity contribution in [3.8, 4) is 17.2 Å². The number of benzene rings is 2. The van der Waals surface area contributed by atoms with Gasteiger partial charge in [0.15, 0.2) is 0 Å². The number of nitrogens with one attached hydrogen (secondary N) is 1. The summed E-state index contributed by atoms with van der Waals surface area (Å²) in [6, 6.07) is 11.5. The van der Waals surface area contributed by atoms with E-state index in [1.165, 1.54) is 33.6 Å². The van der Waals surface area contributed by atoms with Crippen LogP contribution >= 0.6 is 0 Å². The van der Waals surface area contributed by atoms with Crippen LogP contribution in [0.25, 0.3) is 0 Å². The van der Waals surface area contributed by atoms with E-state index in [4.69, 9.17) is 14.2 Å². The number of carbonyl (C=O) groups is 1. The number of anilines is 1. The Morgan fingerprint density at radius 1 is 1.07 bits per heavy atom. The largest absolute Gasteiger partial charge is 0.497 e. The number of carbonyl (C=O) groups excluding carboxylic acids is 1. The molecule has 0 heterocycles. The maximum absolute atomic E-state index is 12.3. The highest BCUT2D eigenvalue weighted by molar-refractivity contribution is 7.92. The van der Waals surface area contributed by atoms with Crippen molar-refractivity contribution in [1.82, 2.24) is 5.43 Å². The molecule has 0 aliphatic carbocycles. The van der Waals surface area contributed by atoms with E-state index in [0.29, 0.717) is 28.5 Å². The molecular formula is C19H23N3O6S. The van der Waals surface area contributed by atoms with Gasteiger partial charge in [0, 0.05) is 11.6 Å². The second kappa shape index (κ2) is 9.78. The smallest absolute Gasteiger partial charge is 0.260 e. The first-order valence-corrected chi connectivity index (χ1v) is 10.3. The lowest BCUT2D eigenvalue weighted by Gasteiger charge is -2.21. The van der Waals surface area contributed by atoms with Crippen LogP contribution in [0.1, 0.15) is 5.56 Å². The van der Waals surface area contributed by atoms with Gasteiger partial charge in [-0.05, 0) is 30.3 Å². The lowest BCUT2D eigenvalue weighted by Crippen LogP contribution is -2.39. The average Bonchev–Trinajstić information content (AvgIpc) is 2.71. The number of amides is 1. The molecule has 2 aromatic carbocycles. The molecule has 2 aromatic rings. The van der Waals surface area contributed by atoms with E-state index in [0.717, 1.165) is 10.6 Å². The number of hydrogen-bond acceptors (Lipinski definition) is 7. The minimum absolute atomic E-state index is 0.306. The molecule has 29 heavy (non-hydrogen) atoms. The van der Waals surface area contributed by atoms with Crippen molar-refractivity contribution in [3.63, 3.8) is 0 Å². The van der Waals surface area contributed by atoms with E-state index in [-0.39, 0.29) is 0 Å². The second-order valence-corrected chi connectivity index (χ2v) is 7.78. The monoisotopic (exact) mass is 421 g/mol. The summed E-state index contributed by atoms with van der Waals surface area (Å²) in [5, 5.41) is 3.88. The number of methoxy groups -OCH3 is 3. The van der Waals surface area contributed by atoms with E-state index in [1.54, 1.807) is 36.4 Å². The number of nitrogens with zero attached hydrogens (tertiary/aromatic N) is 2. The molecule has 0 atom stereocenters. The number of rotatable bonds is 9. The molecule has 0 aliphatic heterocycles. The standard InChI is InChI=1S/C19H23N3O6S/c1-26-16-7-5-6-15(11-16)22(29(4,24)25)13-19(23)21-20-12-14-10-17(27-2)8-9-18(14)28-3/h5-12H,13H2,1-4H3,(H,21,23)/b20-12-. The highest BCUT2D eigenvalue weighted by Crippen LogP contribution is 2.23. The number of sulfonamides is 1. The zero-order chi connectivity index (χ0) is 21.4. The molecule has 156 valence electrons. The first-order valence-electron chi connectivity index (χ1n) is 8.44. The van der Waals surface area contributed by atoms with Crippen molar-refractivity contribution in [1.29, 1.82) is 0 Å². The van der Waals surface area contributed by atoms with E-state index in [9.17, 15) is 13.2 Å². The summed E-state index contributed by atoms with van der Waals surface area (Å²) in [7, 11) is 0.804. The summed E-state index contributed by atoms with van der Waals surface area (Å²) < 4.78 is 40.8. The van der Waals surface area contributed by atoms with Gasteiger partial charge in [-0.25, -0.2) is 13.8 Å². The maximum Gasteiger partial charge on any atom is 0.260 e. The first kappa shape index (κ1) is 22.0.